The van der Waals surface area contributed by atoms with Crippen molar-refractivity contribution in [1.82, 2.24) is 15.6 Å². The molecule has 4 heteroatoms. The zero-order valence-corrected chi connectivity index (χ0v) is 12.9. The zero-order valence-electron chi connectivity index (χ0n) is 12.9. The first-order valence-corrected chi connectivity index (χ1v) is 7.89. The van der Waals surface area contributed by atoms with E-state index in [-0.39, 0.29) is 0 Å². The molecule has 0 radical (unpaired) electrons. The van der Waals surface area contributed by atoms with Crippen LogP contribution in [0.5, 0.6) is 0 Å². The first kappa shape index (κ1) is 14.6. The molecular formula is C18H22N4. The molecule has 114 valence electrons. The maximum Gasteiger partial charge on any atom is 0.191 e. The van der Waals surface area contributed by atoms with Gasteiger partial charge in [-0.05, 0) is 37.5 Å². The molecule has 0 bridgehead atoms. The highest BCUT2D eigenvalue weighted by Gasteiger charge is 2.11. The number of aliphatic imine (C=N–C) groups is 1. The number of para-hydroxylation sites is 1. The van der Waals surface area contributed by atoms with Gasteiger partial charge in [0.05, 0.1) is 12.1 Å². The van der Waals surface area contributed by atoms with E-state index in [1.54, 1.807) is 0 Å². The SMILES string of the molecule is CCNC(=NCc1ccnc2ccccc12)NC1CC=CC1. The minimum absolute atomic E-state index is 0.465. The van der Waals surface area contributed by atoms with E-state index >= 15 is 0 Å². The van der Waals surface area contributed by atoms with Gasteiger partial charge in [-0.25, -0.2) is 4.99 Å². The second-order valence-electron chi connectivity index (χ2n) is 5.47. The molecule has 0 amide bonds. The Kier molecular flexibility index (Phi) is 4.68. The molecule has 0 aliphatic heterocycles. The largest absolute Gasteiger partial charge is 0.357 e. The highest BCUT2D eigenvalue weighted by Crippen LogP contribution is 2.17. The van der Waals surface area contributed by atoms with Crippen LogP contribution in [0.15, 0.2) is 53.7 Å². The minimum Gasteiger partial charge on any atom is -0.357 e. The molecule has 0 saturated carbocycles. The number of pyridine rings is 1. The molecule has 2 N–H and O–H groups in total. The fourth-order valence-electron chi connectivity index (χ4n) is 2.71. The summed E-state index contributed by atoms with van der Waals surface area (Å²) in [4.78, 5) is 9.14. The van der Waals surface area contributed by atoms with Gasteiger partial charge in [0.15, 0.2) is 5.96 Å². The smallest absolute Gasteiger partial charge is 0.191 e. The Morgan fingerprint density at radius 3 is 2.86 bits per heavy atom. The van der Waals surface area contributed by atoms with E-state index in [0.717, 1.165) is 30.9 Å². The third kappa shape index (κ3) is 3.45. The Labute approximate surface area is 131 Å². The highest BCUT2D eigenvalue weighted by atomic mass is 15.2. The number of nitrogens with zero attached hydrogens (tertiary/aromatic N) is 2. The third-order valence-corrected chi connectivity index (χ3v) is 3.84. The van der Waals surface area contributed by atoms with Crippen LogP contribution in [0.1, 0.15) is 25.3 Å². The average molecular weight is 294 g/mol. The number of rotatable bonds is 4. The van der Waals surface area contributed by atoms with E-state index in [9.17, 15) is 0 Å². The molecule has 4 nitrogen and oxygen atoms in total. The Morgan fingerprint density at radius 2 is 2.05 bits per heavy atom. The van der Waals surface area contributed by atoms with Crippen LogP contribution in [-0.2, 0) is 6.54 Å². The predicted octanol–water partition coefficient (Wildman–Crippen LogP) is 3.01. The van der Waals surface area contributed by atoms with E-state index < -0.39 is 0 Å². The van der Waals surface area contributed by atoms with E-state index in [1.165, 1.54) is 10.9 Å². The van der Waals surface area contributed by atoms with Crippen LogP contribution in [-0.4, -0.2) is 23.5 Å². The van der Waals surface area contributed by atoms with E-state index in [0.29, 0.717) is 12.6 Å². The first-order chi connectivity index (χ1) is 10.9. The van der Waals surface area contributed by atoms with Gasteiger partial charge < -0.3 is 10.6 Å². The molecule has 3 rings (SSSR count). The van der Waals surface area contributed by atoms with E-state index in [4.69, 9.17) is 4.99 Å². The van der Waals surface area contributed by atoms with Crippen LogP contribution in [0.4, 0.5) is 0 Å². The zero-order chi connectivity index (χ0) is 15.2. The summed E-state index contributed by atoms with van der Waals surface area (Å²) in [6, 6.07) is 10.7. The molecule has 0 fully saturated rings. The normalized spacial score (nSPS) is 15.4. The fourth-order valence-corrected chi connectivity index (χ4v) is 2.71. The Bertz CT molecular complexity index is 677. The second kappa shape index (κ2) is 7.07. The summed E-state index contributed by atoms with van der Waals surface area (Å²) >= 11 is 0. The fraction of sp³-hybridized carbons (Fsp3) is 0.333. The van der Waals surface area contributed by atoms with Crippen LogP contribution in [0, 0.1) is 0 Å². The molecule has 1 aliphatic rings. The molecule has 22 heavy (non-hydrogen) atoms. The topological polar surface area (TPSA) is 49.3 Å². The van der Waals surface area contributed by atoms with Gasteiger partial charge >= 0.3 is 0 Å². The second-order valence-corrected chi connectivity index (χ2v) is 5.47. The molecule has 1 aromatic carbocycles. The van der Waals surface area contributed by atoms with Gasteiger partial charge in [-0.1, -0.05) is 30.4 Å². The summed E-state index contributed by atoms with van der Waals surface area (Å²) in [6.07, 6.45) is 8.44. The number of guanidine groups is 1. The Morgan fingerprint density at radius 1 is 1.23 bits per heavy atom. The van der Waals surface area contributed by atoms with Gasteiger partial charge in [0.25, 0.3) is 0 Å². The molecule has 2 aromatic rings. The van der Waals surface area contributed by atoms with Crippen LogP contribution < -0.4 is 10.6 Å². The number of fused-ring (bicyclic) bond motifs is 1. The molecule has 1 aliphatic carbocycles. The van der Waals surface area contributed by atoms with Crippen molar-refractivity contribution in [2.24, 2.45) is 4.99 Å². The maximum absolute atomic E-state index is 4.74. The predicted molar refractivity (Wildman–Crippen MR) is 91.9 cm³/mol. The van der Waals surface area contributed by atoms with Crippen LogP contribution in [0.3, 0.4) is 0 Å². The van der Waals surface area contributed by atoms with Crippen molar-refractivity contribution in [2.45, 2.75) is 32.4 Å². The molecule has 0 unspecified atom stereocenters. The quantitative estimate of drug-likeness (QED) is 0.518. The van der Waals surface area contributed by atoms with Crippen molar-refractivity contribution in [3.8, 4) is 0 Å². The average Bonchev–Trinajstić information content (AvgIpc) is 3.06. The number of hydrogen-bond acceptors (Lipinski definition) is 2. The van der Waals surface area contributed by atoms with Crippen molar-refractivity contribution in [3.05, 3.63) is 54.2 Å². The lowest BCUT2D eigenvalue weighted by atomic mass is 10.1. The summed E-state index contributed by atoms with van der Waals surface area (Å²) in [5.74, 6) is 0.886. The van der Waals surface area contributed by atoms with Gasteiger partial charge in [0.2, 0.25) is 0 Å². The van der Waals surface area contributed by atoms with Crippen molar-refractivity contribution in [1.29, 1.82) is 0 Å². The number of benzene rings is 1. The van der Waals surface area contributed by atoms with Crippen molar-refractivity contribution in [3.63, 3.8) is 0 Å². The van der Waals surface area contributed by atoms with Gasteiger partial charge in [-0.15, -0.1) is 0 Å². The summed E-state index contributed by atoms with van der Waals surface area (Å²) < 4.78 is 0. The number of nitrogens with one attached hydrogen (secondary N) is 2. The van der Waals surface area contributed by atoms with Gasteiger partial charge in [-0.2, -0.15) is 0 Å². The van der Waals surface area contributed by atoms with Gasteiger partial charge in [0.1, 0.15) is 0 Å². The summed E-state index contributed by atoms with van der Waals surface area (Å²) in [7, 11) is 0. The number of aromatic nitrogens is 1. The standard InChI is InChI=1S/C18H22N4/c1-2-19-18(22-15-7-3-4-8-15)21-13-14-11-12-20-17-10-6-5-9-16(14)17/h3-6,9-12,15H,2,7-8,13H2,1H3,(H2,19,21,22). The molecule has 1 heterocycles. The van der Waals surface area contributed by atoms with Crippen LogP contribution in [0.25, 0.3) is 10.9 Å². The molecule has 1 aromatic heterocycles. The summed E-state index contributed by atoms with van der Waals surface area (Å²) in [5, 5.41) is 7.99. The lowest BCUT2D eigenvalue weighted by Crippen LogP contribution is -2.42. The summed E-state index contributed by atoms with van der Waals surface area (Å²) in [6.45, 7) is 3.60. The summed E-state index contributed by atoms with van der Waals surface area (Å²) in [5.41, 5.74) is 2.22. The first-order valence-electron chi connectivity index (χ1n) is 7.89. The van der Waals surface area contributed by atoms with Gasteiger partial charge in [-0.3, -0.25) is 4.98 Å². The van der Waals surface area contributed by atoms with E-state index in [1.807, 2.05) is 30.5 Å². The van der Waals surface area contributed by atoms with Crippen molar-refractivity contribution < 1.29 is 0 Å². The Hall–Kier alpha value is -2.36. The van der Waals surface area contributed by atoms with E-state index in [2.05, 4.69) is 40.8 Å². The maximum atomic E-state index is 4.74. The monoisotopic (exact) mass is 294 g/mol. The highest BCUT2D eigenvalue weighted by molar-refractivity contribution is 5.83. The molecule has 0 atom stereocenters. The van der Waals surface area contributed by atoms with Crippen LogP contribution >= 0.6 is 0 Å². The van der Waals surface area contributed by atoms with Crippen LogP contribution in [0.2, 0.25) is 0 Å². The molecule has 0 saturated heterocycles. The van der Waals surface area contributed by atoms with Crippen molar-refractivity contribution >= 4 is 16.9 Å². The van der Waals surface area contributed by atoms with Crippen molar-refractivity contribution in [2.75, 3.05) is 6.54 Å². The molecule has 0 spiro atoms. The third-order valence-electron chi connectivity index (χ3n) is 3.84. The molecular weight excluding hydrogens is 272 g/mol. The minimum atomic E-state index is 0.465. The lowest BCUT2D eigenvalue weighted by Gasteiger charge is -2.16. The number of hydrogen-bond donors (Lipinski definition) is 2. The lowest BCUT2D eigenvalue weighted by molar-refractivity contribution is 0.633. The van der Waals surface area contributed by atoms with Gasteiger partial charge in [0, 0.05) is 24.2 Å². The Balaban J connectivity index is 1.76.